The molecule has 3 N–H and O–H groups in total. The summed E-state index contributed by atoms with van der Waals surface area (Å²) >= 11 is 0. The zero-order valence-corrected chi connectivity index (χ0v) is 20.5. The van der Waals surface area contributed by atoms with Gasteiger partial charge in [-0.15, -0.1) is 0 Å². The van der Waals surface area contributed by atoms with Crippen molar-refractivity contribution in [2.45, 2.75) is 38.8 Å². The van der Waals surface area contributed by atoms with Crippen LogP contribution >= 0.6 is 0 Å². The Bertz CT molecular complexity index is 1170. The zero-order valence-electron chi connectivity index (χ0n) is 20.5. The lowest BCUT2D eigenvalue weighted by Gasteiger charge is -2.19. The third kappa shape index (κ3) is 6.98. The molecule has 2 aromatic heterocycles. The maximum absolute atomic E-state index is 12.8. The highest BCUT2D eigenvalue weighted by molar-refractivity contribution is 6.01. The van der Waals surface area contributed by atoms with Gasteiger partial charge in [-0.05, 0) is 64.0 Å². The van der Waals surface area contributed by atoms with Gasteiger partial charge in [0.25, 0.3) is 5.91 Å². The van der Waals surface area contributed by atoms with Crippen molar-refractivity contribution in [2.24, 2.45) is 0 Å². The molecule has 4 rings (SSSR count). The Hall–Kier alpha value is -4.05. The van der Waals surface area contributed by atoms with Crippen LogP contribution < -0.4 is 20.7 Å². The molecule has 3 heterocycles. The maximum Gasteiger partial charge on any atom is 0.324 e. The molecule has 36 heavy (non-hydrogen) atoms. The normalized spacial score (nSPS) is 15.3. The summed E-state index contributed by atoms with van der Waals surface area (Å²) < 4.78 is 5.98. The first-order chi connectivity index (χ1) is 17.5. The van der Waals surface area contributed by atoms with Gasteiger partial charge in [-0.1, -0.05) is 6.07 Å². The third-order valence-corrected chi connectivity index (χ3v) is 6.07. The molecule has 0 bridgehead atoms. The van der Waals surface area contributed by atoms with Crippen molar-refractivity contribution >= 4 is 23.4 Å². The monoisotopic (exact) mass is 489 g/mol. The fraction of sp³-hybridized carbons (Fsp3) is 0.346. The molecule has 1 aliphatic heterocycles. The largest absolute Gasteiger partial charge is 0.487 e. The lowest BCUT2D eigenvalue weighted by Crippen LogP contribution is -2.31. The SMILES string of the molecule is Cc1cnc(NC(=O)Nc2ccc(C(=O)NCCC3CCCN3C)cc2OCc2cccnc2)cn1. The molecule has 0 spiro atoms. The second-order valence-corrected chi connectivity index (χ2v) is 8.80. The predicted molar refractivity (Wildman–Crippen MR) is 137 cm³/mol. The predicted octanol–water partition coefficient (Wildman–Crippen LogP) is 3.62. The van der Waals surface area contributed by atoms with Crippen LogP contribution in [0.1, 0.15) is 40.9 Å². The van der Waals surface area contributed by atoms with E-state index in [2.05, 4.69) is 42.8 Å². The number of hydrogen-bond acceptors (Lipinski definition) is 7. The third-order valence-electron chi connectivity index (χ3n) is 6.07. The van der Waals surface area contributed by atoms with Crippen LogP contribution in [0.25, 0.3) is 0 Å². The van der Waals surface area contributed by atoms with Crippen molar-refractivity contribution in [3.63, 3.8) is 0 Å². The molecular formula is C26H31N7O3. The number of ether oxygens (including phenoxy) is 1. The fourth-order valence-corrected chi connectivity index (χ4v) is 4.06. The number of nitrogens with one attached hydrogen (secondary N) is 3. The van der Waals surface area contributed by atoms with E-state index in [1.54, 1.807) is 36.8 Å². The zero-order chi connectivity index (χ0) is 25.3. The van der Waals surface area contributed by atoms with Crippen molar-refractivity contribution < 1.29 is 14.3 Å². The van der Waals surface area contributed by atoms with Gasteiger partial charge in [-0.2, -0.15) is 0 Å². The molecule has 188 valence electrons. The van der Waals surface area contributed by atoms with E-state index in [0.29, 0.717) is 35.4 Å². The number of carbonyl (C=O) groups excluding carboxylic acids is 2. The minimum absolute atomic E-state index is 0.187. The molecule has 10 nitrogen and oxygen atoms in total. The van der Waals surface area contributed by atoms with Gasteiger partial charge in [-0.3, -0.25) is 20.1 Å². The molecule has 0 saturated carbocycles. The number of urea groups is 1. The van der Waals surface area contributed by atoms with Gasteiger partial charge in [0, 0.05) is 36.1 Å². The number of hydrogen-bond donors (Lipinski definition) is 3. The fourth-order valence-electron chi connectivity index (χ4n) is 4.06. The number of benzene rings is 1. The Morgan fingerprint density at radius 2 is 2.03 bits per heavy atom. The second-order valence-electron chi connectivity index (χ2n) is 8.80. The molecule has 1 atom stereocenters. The Kier molecular flexibility index (Phi) is 8.40. The quantitative estimate of drug-likeness (QED) is 0.420. The lowest BCUT2D eigenvalue weighted by molar-refractivity contribution is 0.0950. The summed E-state index contributed by atoms with van der Waals surface area (Å²) in [5.74, 6) is 0.500. The Morgan fingerprint density at radius 3 is 2.75 bits per heavy atom. The number of amides is 3. The van der Waals surface area contributed by atoms with Crippen molar-refractivity contribution in [3.05, 3.63) is 71.9 Å². The van der Waals surface area contributed by atoms with Crippen molar-refractivity contribution in [1.82, 2.24) is 25.2 Å². The van der Waals surface area contributed by atoms with Gasteiger partial charge in [0.1, 0.15) is 12.4 Å². The minimum atomic E-state index is -0.503. The van der Waals surface area contributed by atoms with Gasteiger partial charge in [-0.25, -0.2) is 9.78 Å². The van der Waals surface area contributed by atoms with E-state index in [4.69, 9.17) is 4.74 Å². The number of carbonyl (C=O) groups is 2. The van der Waals surface area contributed by atoms with Gasteiger partial charge >= 0.3 is 6.03 Å². The van der Waals surface area contributed by atoms with Gasteiger partial charge < -0.3 is 20.3 Å². The van der Waals surface area contributed by atoms with E-state index in [1.807, 2.05) is 19.1 Å². The van der Waals surface area contributed by atoms with E-state index in [9.17, 15) is 9.59 Å². The summed E-state index contributed by atoms with van der Waals surface area (Å²) in [5.41, 5.74) is 2.47. The van der Waals surface area contributed by atoms with Crippen LogP contribution in [0.15, 0.2) is 55.1 Å². The average Bonchev–Trinajstić information content (AvgIpc) is 3.29. The number of nitrogens with zero attached hydrogens (tertiary/aromatic N) is 4. The van der Waals surface area contributed by atoms with Crippen LogP contribution in [0, 0.1) is 6.92 Å². The van der Waals surface area contributed by atoms with Gasteiger partial charge in [0.05, 0.1) is 23.8 Å². The highest BCUT2D eigenvalue weighted by Gasteiger charge is 2.20. The van der Waals surface area contributed by atoms with Crippen LogP contribution in [-0.2, 0) is 6.61 Å². The average molecular weight is 490 g/mol. The van der Waals surface area contributed by atoms with Crippen LogP contribution in [-0.4, -0.2) is 58.0 Å². The van der Waals surface area contributed by atoms with E-state index in [1.165, 1.54) is 12.6 Å². The Labute approximate surface area is 210 Å². The smallest absolute Gasteiger partial charge is 0.324 e. The number of aryl methyl sites for hydroxylation is 1. The van der Waals surface area contributed by atoms with E-state index >= 15 is 0 Å². The molecule has 1 saturated heterocycles. The molecule has 3 aromatic rings. The summed E-state index contributed by atoms with van der Waals surface area (Å²) in [6, 6.07) is 8.66. The highest BCUT2D eigenvalue weighted by atomic mass is 16.5. The van der Waals surface area contributed by atoms with E-state index < -0.39 is 6.03 Å². The summed E-state index contributed by atoms with van der Waals surface area (Å²) in [6.07, 6.45) is 9.70. The summed E-state index contributed by atoms with van der Waals surface area (Å²) in [7, 11) is 2.12. The van der Waals surface area contributed by atoms with Crippen LogP contribution in [0.3, 0.4) is 0 Å². The molecule has 1 aromatic carbocycles. The minimum Gasteiger partial charge on any atom is -0.487 e. The first-order valence-corrected chi connectivity index (χ1v) is 12.0. The summed E-state index contributed by atoms with van der Waals surface area (Å²) in [4.78, 5) is 40.1. The molecular weight excluding hydrogens is 458 g/mol. The second kappa shape index (κ2) is 12.1. The Balaban J connectivity index is 1.43. The van der Waals surface area contributed by atoms with Crippen molar-refractivity contribution in [2.75, 3.05) is 30.8 Å². The molecule has 3 amide bonds. The molecule has 1 unspecified atom stereocenters. The van der Waals surface area contributed by atoms with Crippen molar-refractivity contribution in [3.8, 4) is 5.75 Å². The van der Waals surface area contributed by atoms with Crippen molar-refractivity contribution in [1.29, 1.82) is 0 Å². The van der Waals surface area contributed by atoms with E-state index in [0.717, 1.165) is 30.6 Å². The molecule has 10 heteroatoms. The number of aromatic nitrogens is 3. The van der Waals surface area contributed by atoms with Gasteiger partial charge in [0.2, 0.25) is 0 Å². The number of anilines is 2. The van der Waals surface area contributed by atoms with Crippen LogP contribution in [0.4, 0.5) is 16.3 Å². The summed E-state index contributed by atoms with van der Waals surface area (Å²) in [5, 5.41) is 8.41. The maximum atomic E-state index is 12.8. The highest BCUT2D eigenvalue weighted by Crippen LogP contribution is 2.27. The molecule has 1 fully saturated rings. The first-order valence-electron chi connectivity index (χ1n) is 12.0. The molecule has 1 aliphatic rings. The van der Waals surface area contributed by atoms with Crippen LogP contribution in [0.5, 0.6) is 5.75 Å². The number of pyridine rings is 1. The standard InChI is InChI=1S/C26H31N7O3/c1-18-14-30-24(16-29-18)32-26(35)31-22-8-7-20(13-23(22)36-17-19-5-3-10-27-15-19)25(34)28-11-9-21-6-4-12-33(21)2/h3,5,7-8,10,13-16,21H,4,6,9,11-12,17H2,1-2H3,(H,28,34)(H2,30,31,32,35). The Morgan fingerprint density at radius 1 is 1.14 bits per heavy atom. The summed E-state index contributed by atoms with van der Waals surface area (Å²) in [6.45, 7) is 3.74. The van der Waals surface area contributed by atoms with E-state index in [-0.39, 0.29) is 12.5 Å². The van der Waals surface area contributed by atoms with Gasteiger partial charge in [0.15, 0.2) is 5.82 Å². The number of rotatable bonds is 9. The van der Waals surface area contributed by atoms with Crippen LogP contribution in [0.2, 0.25) is 0 Å². The lowest BCUT2D eigenvalue weighted by atomic mass is 10.1. The molecule has 0 aliphatic carbocycles. The first kappa shape index (κ1) is 25.1. The number of likely N-dealkylation sites (tertiary alicyclic amines) is 1. The molecule has 0 radical (unpaired) electrons. The topological polar surface area (TPSA) is 121 Å².